The maximum atomic E-state index is 11.5. The molecule has 2 unspecified atom stereocenters. The molecule has 4 heteroatoms. The van der Waals surface area contributed by atoms with Crippen LogP contribution in [0.15, 0.2) is 0 Å². The number of nitrogens with one attached hydrogen (secondary N) is 1. The van der Waals surface area contributed by atoms with Crippen LogP contribution in [0.5, 0.6) is 0 Å². The molecule has 0 bridgehead atoms. The van der Waals surface area contributed by atoms with Crippen molar-refractivity contribution in [2.45, 2.75) is 32.4 Å². The van der Waals surface area contributed by atoms with Crippen LogP contribution < -0.4 is 5.32 Å². The monoisotopic (exact) mass is 217 g/mol. The van der Waals surface area contributed by atoms with Crippen LogP contribution in [-0.4, -0.2) is 36.7 Å². The minimum Gasteiger partial charge on any atom is -0.468 e. The highest BCUT2D eigenvalue weighted by atomic mass is 32.2. The molecule has 0 saturated carbocycles. The lowest BCUT2D eigenvalue weighted by molar-refractivity contribution is -0.144. The standard InChI is InChI=1S/C10H19NO2S/c1-7(2)11-9(10(12)13-3)8-4-5-14-6-8/h7-9,11H,4-6H2,1-3H3. The van der Waals surface area contributed by atoms with E-state index in [4.69, 9.17) is 4.74 Å². The number of methoxy groups -OCH3 is 1. The van der Waals surface area contributed by atoms with Crippen molar-refractivity contribution >= 4 is 17.7 Å². The molecule has 0 aromatic heterocycles. The van der Waals surface area contributed by atoms with Crippen molar-refractivity contribution in [3.05, 3.63) is 0 Å². The number of hydrogen-bond donors (Lipinski definition) is 1. The number of thioether (sulfide) groups is 1. The summed E-state index contributed by atoms with van der Waals surface area (Å²) in [6.07, 6.45) is 1.12. The maximum absolute atomic E-state index is 11.5. The van der Waals surface area contributed by atoms with Crippen LogP contribution in [0.25, 0.3) is 0 Å². The summed E-state index contributed by atoms with van der Waals surface area (Å²) in [6, 6.07) is 0.208. The van der Waals surface area contributed by atoms with Gasteiger partial charge in [-0.25, -0.2) is 0 Å². The third-order valence-corrected chi connectivity index (χ3v) is 3.59. The molecule has 1 N–H and O–H groups in total. The minimum absolute atomic E-state index is 0.116. The Morgan fingerprint density at radius 3 is 2.71 bits per heavy atom. The predicted octanol–water partition coefficient (Wildman–Crippen LogP) is 1.28. The largest absolute Gasteiger partial charge is 0.468 e. The predicted molar refractivity (Wildman–Crippen MR) is 59.5 cm³/mol. The van der Waals surface area contributed by atoms with Gasteiger partial charge in [-0.1, -0.05) is 13.8 Å². The number of ether oxygens (including phenoxy) is 1. The van der Waals surface area contributed by atoms with E-state index in [-0.39, 0.29) is 12.0 Å². The zero-order valence-corrected chi connectivity index (χ0v) is 9.89. The van der Waals surface area contributed by atoms with Crippen LogP contribution in [0.4, 0.5) is 0 Å². The van der Waals surface area contributed by atoms with Crippen LogP contribution in [0.3, 0.4) is 0 Å². The number of esters is 1. The Hall–Kier alpha value is -0.220. The molecule has 0 spiro atoms. The van der Waals surface area contributed by atoms with Gasteiger partial charge in [0.2, 0.25) is 0 Å². The Labute approximate surface area is 90.0 Å². The van der Waals surface area contributed by atoms with E-state index >= 15 is 0 Å². The zero-order chi connectivity index (χ0) is 10.6. The Morgan fingerprint density at radius 2 is 2.29 bits per heavy atom. The second kappa shape index (κ2) is 5.61. The zero-order valence-electron chi connectivity index (χ0n) is 9.08. The van der Waals surface area contributed by atoms with Gasteiger partial charge in [0.1, 0.15) is 6.04 Å². The highest BCUT2D eigenvalue weighted by molar-refractivity contribution is 7.99. The van der Waals surface area contributed by atoms with Crippen molar-refractivity contribution < 1.29 is 9.53 Å². The van der Waals surface area contributed by atoms with E-state index in [1.807, 2.05) is 11.8 Å². The fourth-order valence-corrected chi connectivity index (χ4v) is 3.00. The van der Waals surface area contributed by atoms with Crippen molar-refractivity contribution in [1.29, 1.82) is 0 Å². The number of hydrogen-bond acceptors (Lipinski definition) is 4. The molecule has 3 nitrogen and oxygen atoms in total. The Balaban J connectivity index is 2.55. The summed E-state index contributed by atoms with van der Waals surface area (Å²) in [5, 5.41) is 3.28. The lowest BCUT2D eigenvalue weighted by atomic mass is 9.98. The molecule has 2 atom stereocenters. The first-order valence-electron chi connectivity index (χ1n) is 5.06. The molecule has 82 valence electrons. The maximum Gasteiger partial charge on any atom is 0.323 e. The topological polar surface area (TPSA) is 38.3 Å². The second-order valence-corrected chi connectivity index (χ2v) is 5.10. The molecule has 1 fully saturated rings. The molecule has 0 aliphatic carbocycles. The van der Waals surface area contributed by atoms with Gasteiger partial charge in [-0.3, -0.25) is 4.79 Å². The molecule has 1 saturated heterocycles. The van der Waals surface area contributed by atoms with Gasteiger partial charge in [0.25, 0.3) is 0 Å². The van der Waals surface area contributed by atoms with Crippen LogP contribution in [-0.2, 0) is 9.53 Å². The van der Waals surface area contributed by atoms with Crippen LogP contribution in [0, 0.1) is 5.92 Å². The van der Waals surface area contributed by atoms with E-state index < -0.39 is 0 Å². The van der Waals surface area contributed by atoms with Gasteiger partial charge in [0.05, 0.1) is 7.11 Å². The fourth-order valence-electron chi connectivity index (χ4n) is 1.70. The summed E-state index contributed by atoms with van der Waals surface area (Å²) in [5.41, 5.74) is 0. The summed E-state index contributed by atoms with van der Waals surface area (Å²) in [7, 11) is 1.46. The molecule has 0 aromatic rings. The van der Waals surface area contributed by atoms with Gasteiger partial charge in [0, 0.05) is 6.04 Å². The number of carbonyl (C=O) groups excluding carboxylic acids is 1. The van der Waals surface area contributed by atoms with E-state index in [0.29, 0.717) is 12.0 Å². The first-order chi connectivity index (χ1) is 6.65. The molecular formula is C10H19NO2S. The van der Waals surface area contributed by atoms with Crippen LogP contribution >= 0.6 is 11.8 Å². The Kier molecular flexibility index (Phi) is 4.75. The normalized spacial score (nSPS) is 23.9. The number of rotatable bonds is 4. The third-order valence-electron chi connectivity index (χ3n) is 2.40. The lowest BCUT2D eigenvalue weighted by Gasteiger charge is -2.23. The molecule has 0 amide bonds. The third kappa shape index (κ3) is 3.17. The molecule has 14 heavy (non-hydrogen) atoms. The van der Waals surface area contributed by atoms with Gasteiger partial charge in [-0.15, -0.1) is 0 Å². The summed E-state index contributed by atoms with van der Waals surface area (Å²) in [5.74, 6) is 2.55. The molecule has 1 rings (SSSR count). The molecular weight excluding hydrogens is 198 g/mol. The summed E-state index contributed by atoms with van der Waals surface area (Å²) in [4.78, 5) is 11.5. The molecule has 0 radical (unpaired) electrons. The first kappa shape index (κ1) is 11.9. The SMILES string of the molecule is COC(=O)C(NC(C)C)C1CCSC1. The summed E-state index contributed by atoms with van der Waals surface area (Å²) < 4.78 is 4.81. The first-order valence-corrected chi connectivity index (χ1v) is 6.22. The van der Waals surface area contributed by atoms with Crippen molar-refractivity contribution in [1.82, 2.24) is 5.32 Å². The Bertz CT molecular complexity index is 191. The minimum atomic E-state index is -0.119. The van der Waals surface area contributed by atoms with Crippen molar-refractivity contribution in [2.24, 2.45) is 5.92 Å². The van der Waals surface area contributed by atoms with Crippen molar-refractivity contribution in [2.75, 3.05) is 18.6 Å². The molecule has 1 heterocycles. The van der Waals surface area contributed by atoms with Gasteiger partial charge in [0.15, 0.2) is 0 Å². The van der Waals surface area contributed by atoms with E-state index in [2.05, 4.69) is 19.2 Å². The van der Waals surface area contributed by atoms with Gasteiger partial charge in [-0.2, -0.15) is 11.8 Å². The molecule has 1 aliphatic rings. The summed E-state index contributed by atoms with van der Waals surface area (Å²) in [6.45, 7) is 4.11. The van der Waals surface area contributed by atoms with E-state index in [1.54, 1.807) is 0 Å². The highest BCUT2D eigenvalue weighted by Gasteiger charge is 2.31. The van der Waals surface area contributed by atoms with Gasteiger partial charge in [-0.05, 0) is 23.8 Å². The van der Waals surface area contributed by atoms with E-state index in [9.17, 15) is 4.79 Å². The quantitative estimate of drug-likeness (QED) is 0.720. The van der Waals surface area contributed by atoms with Crippen molar-refractivity contribution in [3.8, 4) is 0 Å². The lowest BCUT2D eigenvalue weighted by Crippen LogP contribution is -2.46. The summed E-state index contributed by atoms with van der Waals surface area (Å²) >= 11 is 1.92. The smallest absolute Gasteiger partial charge is 0.323 e. The highest BCUT2D eigenvalue weighted by Crippen LogP contribution is 2.26. The van der Waals surface area contributed by atoms with Crippen molar-refractivity contribution in [3.63, 3.8) is 0 Å². The fraction of sp³-hybridized carbons (Fsp3) is 0.900. The van der Waals surface area contributed by atoms with Gasteiger partial charge >= 0.3 is 5.97 Å². The average molecular weight is 217 g/mol. The van der Waals surface area contributed by atoms with Crippen LogP contribution in [0.2, 0.25) is 0 Å². The van der Waals surface area contributed by atoms with E-state index in [0.717, 1.165) is 17.9 Å². The van der Waals surface area contributed by atoms with E-state index in [1.165, 1.54) is 7.11 Å². The van der Waals surface area contributed by atoms with Gasteiger partial charge < -0.3 is 10.1 Å². The average Bonchev–Trinajstić information content (AvgIpc) is 2.65. The molecule has 1 aliphatic heterocycles. The van der Waals surface area contributed by atoms with Crippen LogP contribution in [0.1, 0.15) is 20.3 Å². The molecule has 0 aromatic carbocycles. The second-order valence-electron chi connectivity index (χ2n) is 3.95. The Morgan fingerprint density at radius 1 is 1.57 bits per heavy atom. The number of carbonyl (C=O) groups is 1.